The number of rotatable bonds is 3. The zero-order chi connectivity index (χ0) is 74.4. The summed E-state index contributed by atoms with van der Waals surface area (Å²) in [6, 6.07) is 38.5. The van der Waals surface area contributed by atoms with Crippen LogP contribution in [0.5, 0.6) is 23.0 Å². The van der Waals surface area contributed by atoms with Crippen LogP contribution in [0.25, 0.3) is 0 Å². The summed E-state index contributed by atoms with van der Waals surface area (Å²) in [6.07, 6.45) is 16.5. The molecule has 4 aromatic carbocycles. The number of ether oxygens (including phenoxy) is 3. The van der Waals surface area contributed by atoms with Crippen LogP contribution < -0.4 is 19.9 Å². The molecular formula is C77H125I8N5O4V3-2. The number of nitrogens with zero attached hydrogens (tertiary/aromatic N) is 4. The molecule has 0 aliphatic heterocycles. The summed E-state index contributed by atoms with van der Waals surface area (Å²) in [4.78, 5) is 18.4. The summed E-state index contributed by atoms with van der Waals surface area (Å²) >= 11 is 18.1. The number of methoxy groups -OCH3 is 3. The van der Waals surface area contributed by atoms with Crippen molar-refractivity contribution in [3.05, 3.63) is 244 Å². The van der Waals surface area contributed by atoms with Gasteiger partial charge >= 0.3 is 49.4 Å². The number of nitrogen functional groups attached to an aromatic ring is 1. The van der Waals surface area contributed by atoms with Crippen molar-refractivity contribution in [1.29, 1.82) is 0 Å². The molecule has 0 spiro atoms. The van der Waals surface area contributed by atoms with Crippen LogP contribution in [0, 0.1) is 88.5 Å². The first kappa shape index (κ1) is 130. The quantitative estimate of drug-likeness (QED) is 0.0770. The van der Waals surface area contributed by atoms with Gasteiger partial charge in [0.1, 0.15) is 22.9 Å². The molecule has 8 aromatic rings. The number of hydrogen-bond donors (Lipinski definition) is 2. The van der Waals surface area contributed by atoms with E-state index in [4.69, 9.17) is 19.9 Å². The van der Waals surface area contributed by atoms with Gasteiger partial charge in [-0.2, -0.15) is 0 Å². The first-order valence-corrected chi connectivity index (χ1v) is 47.8. The van der Waals surface area contributed by atoms with Gasteiger partial charge in [0.25, 0.3) is 0 Å². The summed E-state index contributed by atoms with van der Waals surface area (Å²) in [5, 5.41) is 9.22. The van der Waals surface area contributed by atoms with Crippen LogP contribution in [-0.2, 0) is 46.6 Å². The molecule has 20 heteroatoms. The predicted octanol–water partition coefficient (Wildman–Crippen LogP) is 29.2. The summed E-state index contributed by atoms with van der Waals surface area (Å²) < 4.78 is 17.4. The van der Waals surface area contributed by atoms with Gasteiger partial charge in [0.2, 0.25) is 0 Å². The molecular weight excluding hydrogens is 2230 g/mol. The van der Waals surface area contributed by atoms with E-state index >= 15 is 0 Å². The van der Waals surface area contributed by atoms with Crippen molar-refractivity contribution in [3.63, 3.8) is 0 Å². The Morgan fingerprint density at radius 3 is 0.742 bits per heavy atom. The summed E-state index contributed by atoms with van der Waals surface area (Å²) in [5.41, 5.74) is 19.9. The van der Waals surface area contributed by atoms with Gasteiger partial charge in [-0.15, -0.1) is 0 Å². The summed E-state index contributed by atoms with van der Waals surface area (Å²) in [7, 11) is 5.70. The molecule has 0 fully saturated rings. The fraction of sp³-hybridized carbons (Fsp3) is 0.403. The maximum atomic E-state index is 9.22. The molecule has 2 radical (unpaired) electrons. The van der Waals surface area contributed by atoms with Crippen LogP contribution in [-0.4, -0.2) is 48.7 Å². The average molecular weight is 2350 g/mol. The fourth-order valence-electron chi connectivity index (χ4n) is 5.53. The van der Waals surface area contributed by atoms with Crippen LogP contribution in [0.15, 0.2) is 171 Å². The fourth-order valence-corrected chi connectivity index (χ4v) is 5.53. The monoisotopic (exact) mass is 2350 g/mol. The normalized spacial score (nSPS) is 7.71. The topological polar surface area (TPSA) is 126 Å². The molecule has 0 atom stereocenters. The van der Waals surface area contributed by atoms with E-state index in [1.165, 1.54) is 59.8 Å². The second kappa shape index (κ2) is 107. The molecule has 3 N–H and O–H groups in total. The SMILES string of the molecule is C.CC.CC.CC.CC.CCC.CCC.COc1ccc(C)c(C)c1C.COc1ccc(C)c(C)c1C.COc1ccc(N)c(C)c1C.Cc1ccc(O)c(C)c1C.IC(I)I.ICI.[CH2-]I.[CH3-].[I][V][I].[V].[V].c1ccncc1.c1ccncc1.c1ccncc1.c1ccncc1. The Morgan fingerprint density at radius 2 is 0.577 bits per heavy atom. The number of phenolic OH excluding ortho intramolecular Hbond substituents is 1. The average Bonchev–Trinajstić information content (AvgIpc) is 1.11. The maximum Gasteiger partial charge on any atom is 0.0267 e. The summed E-state index contributed by atoms with van der Waals surface area (Å²) in [6.45, 7) is 47.1. The van der Waals surface area contributed by atoms with Crippen molar-refractivity contribution in [3.8, 4) is 23.0 Å². The molecule has 4 heterocycles. The Morgan fingerprint density at radius 1 is 0.402 bits per heavy atom. The zero-order valence-corrected chi connectivity index (χ0v) is 84.4. The summed E-state index contributed by atoms with van der Waals surface area (Å²) in [5.74, 6) is 3.25. The molecule has 0 aliphatic rings. The third kappa shape index (κ3) is 88.4. The first-order valence-electron chi connectivity index (χ1n) is 30.5. The Balaban J connectivity index is -0.0000000645. The first-order chi connectivity index (χ1) is 44.5. The van der Waals surface area contributed by atoms with Crippen molar-refractivity contribution < 1.29 is 65.9 Å². The smallest absolute Gasteiger partial charge is 0.0267 e. The number of hydrogen-bond acceptors (Lipinski definition) is 9. The standard InChI is InChI=1S/2C10H14O.C9H13NO.C9H12O.4C5H5N.2C3H8.4C2H6.CHI3.CH2I2.CH2I.CH4.CH3.2HI.3V/c2*1-7-5-6-10(11-4)9(3)8(7)2;1-6-7(2)9(11-3)5-4-8(6)10;1-6-4-5-9(10)8(3)7(6)2;4*1-2-4-6-5-3-1;2*1-3-2;4*1-2;2-1(3)4;2-1-3;1-2;;;;;;;/h2*5-6H,1-4H3;4-5H,10H2,1-3H3;4-5,10H,1-3H3;4*1-5H;2*3H2,1-2H3;4*1-2H3;1H;1H2;1H2;1H4;1H3;2*1H;;;/q;;;;;;;;;;;;;;;;-1;;-1;;;;;+2/p-2. The third-order valence-corrected chi connectivity index (χ3v) is 10.8. The van der Waals surface area contributed by atoms with Gasteiger partial charge in [0.05, 0.1) is 23.8 Å². The number of halogens is 8. The van der Waals surface area contributed by atoms with E-state index in [9.17, 15) is 5.11 Å². The number of benzene rings is 4. The number of anilines is 1. The molecule has 0 saturated heterocycles. The second-order valence-electron chi connectivity index (χ2n) is 16.9. The minimum Gasteiger partial charge on any atom is -0.265 e. The number of nitrogens with two attached hydrogens (primary N) is 1. The molecule has 9 nitrogen and oxygen atoms in total. The Labute approximate surface area is 732 Å². The molecule has 97 heavy (non-hydrogen) atoms. The van der Waals surface area contributed by atoms with E-state index < -0.39 is 0 Å². The van der Waals surface area contributed by atoms with Gasteiger partial charge in [-0.1, -0.05) is 259 Å². The number of pyridine rings is 4. The Kier molecular flexibility index (Phi) is 143. The predicted molar refractivity (Wildman–Crippen MR) is 497 cm³/mol. The van der Waals surface area contributed by atoms with Crippen LogP contribution >= 0.6 is 176 Å². The molecule has 4 aromatic heterocycles. The van der Waals surface area contributed by atoms with Crippen LogP contribution in [0.2, 0.25) is 0 Å². The number of phenols is 1. The number of aromatic hydroxyl groups is 1. The minimum absolute atomic E-state index is 0. The molecule has 0 bridgehead atoms. The van der Waals surface area contributed by atoms with Gasteiger partial charge in [-0.3, -0.25) is 24.9 Å². The number of aromatic nitrogens is 4. The van der Waals surface area contributed by atoms with Crippen molar-refractivity contribution in [2.24, 2.45) is 0 Å². The van der Waals surface area contributed by atoms with Crippen LogP contribution in [0.1, 0.15) is 165 Å². The maximum absolute atomic E-state index is 9.22. The van der Waals surface area contributed by atoms with Crippen molar-refractivity contribution in [1.82, 2.24) is 19.9 Å². The number of alkyl halides is 5. The largest absolute Gasteiger partial charge is 0.265 e. The van der Waals surface area contributed by atoms with Gasteiger partial charge < -0.3 is 55.1 Å². The Bertz CT molecular complexity index is 2280. The van der Waals surface area contributed by atoms with Crippen molar-refractivity contribution in [2.45, 2.75) is 179 Å². The number of aryl methyl sites for hydroxylation is 3. The van der Waals surface area contributed by atoms with Crippen molar-refractivity contribution in [2.75, 3.05) is 29.5 Å². The molecule has 555 valence electrons. The minimum atomic E-state index is 0. The molecule has 0 amide bonds. The van der Waals surface area contributed by atoms with Gasteiger partial charge in [0.15, 0.2) is 0 Å². The van der Waals surface area contributed by atoms with Crippen molar-refractivity contribution >= 4 is 181 Å². The third-order valence-electron chi connectivity index (χ3n) is 10.8. The van der Waals surface area contributed by atoms with Crippen LogP contribution in [0.4, 0.5) is 5.69 Å². The van der Waals surface area contributed by atoms with Gasteiger partial charge in [0, 0.05) is 92.4 Å². The molecule has 0 aliphatic carbocycles. The van der Waals surface area contributed by atoms with E-state index in [2.05, 4.69) is 259 Å². The van der Waals surface area contributed by atoms with E-state index in [1.54, 1.807) is 77.0 Å². The van der Waals surface area contributed by atoms with Crippen LogP contribution in [0.3, 0.4) is 0 Å². The van der Waals surface area contributed by atoms with Gasteiger partial charge in [-0.25, -0.2) is 0 Å². The van der Waals surface area contributed by atoms with E-state index in [-0.39, 0.29) is 52.0 Å². The molecule has 8 rings (SSSR count). The molecule has 0 unspecified atom stereocenters. The van der Waals surface area contributed by atoms with E-state index in [0.29, 0.717) is 15.2 Å². The van der Waals surface area contributed by atoms with E-state index in [1.807, 2.05) is 216 Å². The van der Waals surface area contributed by atoms with Gasteiger partial charge in [-0.05, 0) is 216 Å². The Hall–Kier alpha value is 0.0732. The zero-order valence-electron chi connectivity index (χ0n) is 63.0. The van der Waals surface area contributed by atoms with E-state index in [0.717, 1.165) is 39.6 Å². The second-order valence-corrected chi connectivity index (χ2v) is 44.0. The molecule has 0 saturated carbocycles.